The van der Waals surface area contributed by atoms with Crippen LogP contribution >= 0.6 is 0 Å². The Hall–Kier alpha value is -0.0800. The van der Waals surface area contributed by atoms with Crippen molar-refractivity contribution in [2.45, 2.75) is 83.8 Å². The van der Waals surface area contributed by atoms with E-state index in [4.69, 9.17) is 0 Å². The van der Waals surface area contributed by atoms with Crippen molar-refractivity contribution in [2.24, 2.45) is 34.5 Å². The average molecular weight is 292 g/mol. The maximum absolute atomic E-state index is 10.5. The highest BCUT2D eigenvalue weighted by Crippen LogP contribution is 2.66. The molecule has 3 unspecified atom stereocenters. The fourth-order valence-electron chi connectivity index (χ4n) is 7.21. The molecule has 0 aromatic carbocycles. The Kier molecular flexibility index (Phi) is 3.25. The van der Waals surface area contributed by atoms with Crippen LogP contribution in [0.2, 0.25) is 0 Å². The molecule has 0 saturated heterocycles. The average Bonchev–Trinajstić information content (AvgIpc) is 2.76. The van der Waals surface area contributed by atoms with E-state index in [0.29, 0.717) is 5.41 Å². The summed E-state index contributed by atoms with van der Waals surface area (Å²) in [5.74, 6) is 3.21. The summed E-state index contributed by atoms with van der Waals surface area (Å²) in [5.41, 5.74) is 0.676. The maximum Gasteiger partial charge on any atom is 0.0596 e. The standard InChI is InChI=1S/C19H32O2/c1-18-9-7-13(20)11-12(18)3-4-14-15-5-6-17(21)19(15,2)10-8-16(14)18/h12-17,20-21H,3-11H2,1-2H3/t12?,13?,14-,15-,16-,17?,18-,19-/m0/s1. The van der Waals surface area contributed by atoms with Gasteiger partial charge in [-0.05, 0) is 92.3 Å². The Morgan fingerprint density at radius 2 is 1.48 bits per heavy atom. The van der Waals surface area contributed by atoms with Gasteiger partial charge in [-0.1, -0.05) is 13.8 Å². The van der Waals surface area contributed by atoms with Gasteiger partial charge in [0.15, 0.2) is 0 Å². The topological polar surface area (TPSA) is 40.5 Å². The Bertz CT molecular complexity index is 422. The zero-order chi connectivity index (χ0) is 14.8. The summed E-state index contributed by atoms with van der Waals surface area (Å²) in [6, 6.07) is 0. The van der Waals surface area contributed by atoms with Gasteiger partial charge >= 0.3 is 0 Å². The lowest BCUT2D eigenvalue weighted by atomic mass is 9.45. The molecular weight excluding hydrogens is 260 g/mol. The van der Waals surface area contributed by atoms with Crippen molar-refractivity contribution in [1.82, 2.24) is 0 Å². The first-order valence-corrected chi connectivity index (χ1v) is 9.31. The second-order valence-corrected chi connectivity index (χ2v) is 9.22. The van der Waals surface area contributed by atoms with Crippen molar-refractivity contribution in [3.63, 3.8) is 0 Å². The summed E-state index contributed by atoms with van der Waals surface area (Å²) < 4.78 is 0. The smallest absolute Gasteiger partial charge is 0.0596 e. The van der Waals surface area contributed by atoms with Gasteiger partial charge in [-0.25, -0.2) is 0 Å². The largest absolute Gasteiger partial charge is 0.393 e. The SMILES string of the molecule is C[C@]12CCC(O)CC1CC[C@@H]1[C@@H]2CC[C@]2(C)C(O)CC[C@@H]12. The van der Waals surface area contributed by atoms with Gasteiger partial charge in [-0.2, -0.15) is 0 Å². The van der Waals surface area contributed by atoms with E-state index < -0.39 is 0 Å². The lowest BCUT2D eigenvalue weighted by Crippen LogP contribution is -2.54. The molecule has 4 saturated carbocycles. The first kappa shape index (κ1) is 14.5. The zero-order valence-corrected chi connectivity index (χ0v) is 13.7. The molecule has 0 bridgehead atoms. The van der Waals surface area contributed by atoms with Crippen LogP contribution in [0.15, 0.2) is 0 Å². The highest BCUT2D eigenvalue weighted by atomic mass is 16.3. The number of aliphatic hydroxyl groups is 2. The highest BCUT2D eigenvalue weighted by Gasteiger charge is 2.59. The lowest BCUT2D eigenvalue weighted by Gasteiger charge is -2.60. The molecule has 2 heteroatoms. The summed E-state index contributed by atoms with van der Waals surface area (Å²) in [7, 11) is 0. The van der Waals surface area contributed by atoms with Gasteiger partial charge < -0.3 is 10.2 Å². The van der Waals surface area contributed by atoms with E-state index in [-0.39, 0.29) is 17.6 Å². The number of hydrogen-bond acceptors (Lipinski definition) is 2. The van der Waals surface area contributed by atoms with Crippen molar-refractivity contribution in [1.29, 1.82) is 0 Å². The third-order valence-corrected chi connectivity index (χ3v) is 8.59. The van der Waals surface area contributed by atoms with E-state index in [9.17, 15) is 10.2 Å². The molecule has 0 radical (unpaired) electrons. The molecule has 4 aliphatic rings. The first-order valence-electron chi connectivity index (χ1n) is 9.31. The summed E-state index contributed by atoms with van der Waals surface area (Å²) in [4.78, 5) is 0. The molecule has 0 aliphatic heterocycles. The molecule has 0 heterocycles. The van der Waals surface area contributed by atoms with Gasteiger partial charge in [-0.3, -0.25) is 0 Å². The minimum Gasteiger partial charge on any atom is -0.393 e. The molecule has 8 atom stereocenters. The van der Waals surface area contributed by atoms with Crippen LogP contribution in [0.3, 0.4) is 0 Å². The van der Waals surface area contributed by atoms with Gasteiger partial charge in [0, 0.05) is 0 Å². The summed E-state index contributed by atoms with van der Waals surface area (Å²) in [6.07, 6.45) is 10.7. The van der Waals surface area contributed by atoms with E-state index in [0.717, 1.165) is 42.9 Å². The third kappa shape index (κ3) is 1.91. The van der Waals surface area contributed by atoms with Crippen LogP contribution in [0.1, 0.15) is 71.6 Å². The Labute approximate surface area is 129 Å². The van der Waals surface area contributed by atoms with Gasteiger partial charge in [0.05, 0.1) is 12.2 Å². The molecule has 0 aromatic rings. The summed E-state index contributed by atoms with van der Waals surface area (Å²) >= 11 is 0. The molecular formula is C19H32O2. The van der Waals surface area contributed by atoms with E-state index in [1.807, 2.05) is 0 Å². The third-order valence-electron chi connectivity index (χ3n) is 8.59. The molecule has 4 rings (SSSR count). The monoisotopic (exact) mass is 292 g/mol. The minimum atomic E-state index is -0.0536. The van der Waals surface area contributed by atoms with Crippen LogP contribution in [0, 0.1) is 34.5 Å². The van der Waals surface area contributed by atoms with Gasteiger partial charge in [0.2, 0.25) is 0 Å². The summed E-state index contributed by atoms with van der Waals surface area (Å²) in [5, 5.41) is 20.5. The van der Waals surface area contributed by atoms with Gasteiger partial charge in [-0.15, -0.1) is 0 Å². The van der Waals surface area contributed by atoms with E-state index in [2.05, 4.69) is 13.8 Å². The highest BCUT2D eigenvalue weighted by molar-refractivity contribution is 5.09. The normalized spacial score (nSPS) is 60.0. The minimum absolute atomic E-state index is 0.0400. The van der Waals surface area contributed by atoms with Crippen molar-refractivity contribution >= 4 is 0 Å². The van der Waals surface area contributed by atoms with Crippen LogP contribution in [0.4, 0.5) is 0 Å². The predicted octanol–water partition coefficient (Wildman–Crippen LogP) is 3.75. The Morgan fingerprint density at radius 1 is 0.762 bits per heavy atom. The molecule has 21 heavy (non-hydrogen) atoms. The van der Waals surface area contributed by atoms with Crippen LogP contribution < -0.4 is 0 Å². The second kappa shape index (κ2) is 4.71. The van der Waals surface area contributed by atoms with E-state index >= 15 is 0 Å². The predicted molar refractivity (Wildman–Crippen MR) is 83.7 cm³/mol. The van der Waals surface area contributed by atoms with E-state index in [1.165, 1.54) is 38.5 Å². The van der Waals surface area contributed by atoms with Crippen molar-refractivity contribution in [3.8, 4) is 0 Å². The molecule has 4 aliphatic carbocycles. The summed E-state index contributed by atoms with van der Waals surface area (Å²) in [6.45, 7) is 4.90. The number of rotatable bonds is 0. The van der Waals surface area contributed by atoms with Crippen LogP contribution in [-0.4, -0.2) is 22.4 Å². The second-order valence-electron chi connectivity index (χ2n) is 9.22. The fraction of sp³-hybridized carbons (Fsp3) is 1.00. The Balaban J connectivity index is 1.62. The maximum atomic E-state index is 10.5. The molecule has 2 N–H and O–H groups in total. The number of hydrogen-bond donors (Lipinski definition) is 2. The number of aliphatic hydroxyl groups excluding tert-OH is 2. The lowest BCUT2D eigenvalue weighted by molar-refractivity contribution is -0.133. The molecule has 4 fully saturated rings. The van der Waals surface area contributed by atoms with Crippen LogP contribution in [0.5, 0.6) is 0 Å². The Morgan fingerprint density at radius 3 is 2.29 bits per heavy atom. The van der Waals surface area contributed by atoms with Crippen molar-refractivity contribution < 1.29 is 10.2 Å². The molecule has 0 aromatic heterocycles. The first-order chi connectivity index (χ1) is 9.95. The van der Waals surface area contributed by atoms with Crippen molar-refractivity contribution in [3.05, 3.63) is 0 Å². The molecule has 120 valence electrons. The molecule has 2 nitrogen and oxygen atoms in total. The molecule has 0 amide bonds. The quantitative estimate of drug-likeness (QED) is 0.714. The van der Waals surface area contributed by atoms with Crippen molar-refractivity contribution in [2.75, 3.05) is 0 Å². The molecule has 0 spiro atoms. The van der Waals surface area contributed by atoms with Crippen LogP contribution in [-0.2, 0) is 0 Å². The van der Waals surface area contributed by atoms with Gasteiger partial charge in [0.25, 0.3) is 0 Å². The van der Waals surface area contributed by atoms with E-state index in [1.54, 1.807) is 0 Å². The van der Waals surface area contributed by atoms with Crippen LogP contribution in [0.25, 0.3) is 0 Å². The van der Waals surface area contributed by atoms with Gasteiger partial charge in [0.1, 0.15) is 0 Å². The fourth-order valence-corrected chi connectivity index (χ4v) is 7.21. The zero-order valence-electron chi connectivity index (χ0n) is 13.7. The number of fused-ring (bicyclic) bond motifs is 5.